The number of carbonyl (C=O) groups is 2. The first-order valence-electron chi connectivity index (χ1n) is 11.5. The monoisotopic (exact) mass is 517 g/mol. The second kappa shape index (κ2) is 11.7. The normalized spacial score (nSPS) is 15.3. The van der Waals surface area contributed by atoms with Crippen molar-refractivity contribution in [2.45, 2.75) is 20.5 Å². The average molecular weight is 518 g/mol. The topological polar surface area (TPSA) is 85.2 Å². The predicted molar refractivity (Wildman–Crippen MR) is 142 cm³/mol. The maximum atomic E-state index is 13.3. The first-order valence-corrected chi connectivity index (χ1v) is 12.3. The van der Waals surface area contributed by atoms with Crippen LogP contribution in [0.5, 0.6) is 5.75 Å². The summed E-state index contributed by atoms with van der Waals surface area (Å²) >= 11 is 1.02. The Labute approximate surface area is 218 Å². The van der Waals surface area contributed by atoms with E-state index < -0.39 is 11.9 Å². The molecule has 6 nitrogen and oxygen atoms in total. The number of hydrogen-bond acceptors (Lipinski definition) is 6. The fourth-order valence-corrected chi connectivity index (χ4v) is 4.57. The van der Waals surface area contributed by atoms with Gasteiger partial charge in [-0.2, -0.15) is 0 Å². The molecule has 1 N–H and O–H groups in total. The van der Waals surface area contributed by atoms with E-state index in [-0.39, 0.29) is 35.4 Å². The van der Waals surface area contributed by atoms with Crippen LogP contribution in [0.4, 0.5) is 4.39 Å². The van der Waals surface area contributed by atoms with Gasteiger partial charge in [0.15, 0.2) is 0 Å². The molecule has 0 aromatic heterocycles. The second-order valence-electron chi connectivity index (χ2n) is 8.08. The quantitative estimate of drug-likeness (QED) is 0.364. The van der Waals surface area contributed by atoms with Crippen LogP contribution in [0.3, 0.4) is 0 Å². The molecule has 8 heteroatoms. The fraction of sp³-hybridized carbons (Fsp3) is 0.138. The minimum atomic E-state index is -0.756. The molecule has 0 unspecified atom stereocenters. The molecule has 3 aromatic carbocycles. The van der Waals surface area contributed by atoms with Gasteiger partial charge in [0.25, 0.3) is 5.91 Å². The highest BCUT2D eigenvalue weighted by Crippen LogP contribution is 2.39. The molecule has 0 radical (unpaired) electrons. The van der Waals surface area contributed by atoms with Crippen molar-refractivity contribution in [1.29, 1.82) is 0 Å². The van der Waals surface area contributed by atoms with Crippen LogP contribution in [-0.2, 0) is 16.1 Å². The highest BCUT2D eigenvalue weighted by molar-refractivity contribution is 8.18. The number of carbonyl (C=O) groups excluding carboxylic acids is 2. The second-order valence-corrected chi connectivity index (χ2v) is 9.11. The lowest BCUT2D eigenvalue weighted by atomic mass is 10.1. The van der Waals surface area contributed by atoms with E-state index in [0.29, 0.717) is 21.8 Å². The molecule has 0 atom stereocenters. The maximum absolute atomic E-state index is 13.3. The number of benzene rings is 3. The van der Waals surface area contributed by atoms with Gasteiger partial charge in [-0.1, -0.05) is 54.2 Å². The standard InChI is InChI=1S/C29H24FNO5S/c1-3-35-29(34)25-26(32)24(37-28(25)31-27(33)23-10-5-4-7-18(23)2)16-19-11-13-22(14-12-19)36-17-20-8-6-9-21(30)15-20/h4-16,32H,3,17H2,1-2H3/b24-16-,31-28?. The van der Waals surface area contributed by atoms with E-state index in [9.17, 15) is 19.1 Å². The lowest BCUT2D eigenvalue weighted by Gasteiger charge is -2.07. The van der Waals surface area contributed by atoms with Crippen molar-refractivity contribution in [2.24, 2.45) is 4.99 Å². The van der Waals surface area contributed by atoms with Crippen LogP contribution in [-0.4, -0.2) is 28.6 Å². The fourth-order valence-electron chi connectivity index (χ4n) is 3.56. The predicted octanol–water partition coefficient (Wildman–Crippen LogP) is 6.41. The number of aryl methyl sites for hydroxylation is 1. The van der Waals surface area contributed by atoms with Crippen LogP contribution in [0.15, 0.2) is 94.0 Å². The SMILES string of the molecule is CCOC(=O)C1=C(O)/C(=C/c2ccc(OCc3cccc(F)c3)cc2)SC1=NC(=O)c1ccccc1C. The zero-order valence-electron chi connectivity index (χ0n) is 20.2. The van der Waals surface area contributed by atoms with E-state index >= 15 is 0 Å². The largest absolute Gasteiger partial charge is 0.506 e. The number of thioether (sulfide) groups is 1. The van der Waals surface area contributed by atoms with Gasteiger partial charge in [-0.05, 0) is 66.9 Å². The van der Waals surface area contributed by atoms with Crippen molar-refractivity contribution in [1.82, 2.24) is 0 Å². The van der Waals surface area contributed by atoms with Gasteiger partial charge in [0.1, 0.15) is 34.5 Å². The summed E-state index contributed by atoms with van der Waals surface area (Å²) in [5.41, 5.74) is 2.45. The molecule has 0 spiro atoms. The summed E-state index contributed by atoms with van der Waals surface area (Å²) in [6.07, 6.45) is 1.68. The van der Waals surface area contributed by atoms with E-state index in [2.05, 4.69) is 4.99 Å². The summed E-state index contributed by atoms with van der Waals surface area (Å²) in [7, 11) is 0. The van der Waals surface area contributed by atoms with Gasteiger partial charge in [0.2, 0.25) is 0 Å². The molecule has 1 aliphatic rings. The van der Waals surface area contributed by atoms with Crippen LogP contribution in [0, 0.1) is 12.7 Å². The third-order valence-electron chi connectivity index (χ3n) is 5.42. The molecule has 3 aromatic rings. The molecule has 0 saturated carbocycles. The van der Waals surface area contributed by atoms with Crippen LogP contribution in [0.25, 0.3) is 6.08 Å². The van der Waals surface area contributed by atoms with Crippen molar-refractivity contribution in [2.75, 3.05) is 6.61 Å². The van der Waals surface area contributed by atoms with Crippen molar-refractivity contribution in [3.63, 3.8) is 0 Å². The summed E-state index contributed by atoms with van der Waals surface area (Å²) in [6.45, 7) is 3.78. The van der Waals surface area contributed by atoms with E-state index in [0.717, 1.165) is 22.9 Å². The van der Waals surface area contributed by atoms with E-state index in [4.69, 9.17) is 9.47 Å². The number of esters is 1. The molecule has 0 bridgehead atoms. The highest BCUT2D eigenvalue weighted by atomic mass is 32.2. The number of aliphatic imine (C=N–C) groups is 1. The number of amides is 1. The van der Waals surface area contributed by atoms with Crippen LogP contribution < -0.4 is 4.74 Å². The first kappa shape index (κ1) is 25.9. The molecule has 0 fully saturated rings. The third-order valence-corrected chi connectivity index (χ3v) is 6.44. The van der Waals surface area contributed by atoms with Crippen molar-refractivity contribution in [3.8, 4) is 5.75 Å². The Balaban J connectivity index is 1.56. The number of aliphatic hydroxyl groups is 1. The molecule has 0 saturated heterocycles. The van der Waals surface area contributed by atoms with Crippen molar-refractivity contribution < 1.29 is 28.6 Å². The van der Waals surface area contributed by atoms with Crippen molar-refractivity contribution >= 4 is 34.8 Å². The molecule has 1 aliphatic heterocycles. The van der Waals surface area contributed by atoms with Gasteiger partial charge < -0.3 is 14.6 Å². The zero-order valence-corrected chi connectivity index (χ0v) is 21.0. The van der Waals surface area contributed by atoms with Gasteiger partial charge in [0, 0.05) is 5.56 Å². The summed E-state index contributed by atoms with van der Waals surface area (Å²) in [6, 6.07) is 20.2. The van der Waals surface area contributed by atoms with Crippen molar-refractivity contribution in [3.05, 3.63) is 117 Å². The van der Waals surface area contributed by atoms with E-state index in [1.165, 1.54) is 12.1 Å². The molecule has 1 heterocycles. The maximum Gasteiger partial charge on any atom is 0.344 e. The number of halogens is 1. The summed E-state index contributed by atoms with van der Waals surface area (Å²) < 4.78 is 24.2. The van der Waals surface area contributed by atoms with Crippen LogP contribution >= 0.6 is 11.8 Å². The smallest absolute Gasteiger partial charge is 0.344 e. The summed E-state index contributed by atoms with van der Waals surface area (Å²) in [4.78, 5) is 29.9. The summed E-state index contributed by atoms with van der Waals surface area (Å²) in [5.74, 6) is -1.31. The molecular formula is C29H24FNO5S. The molecule has 4 rings (SSSR count). The number of nitrogens with zero attached hydrogens (tertiary/aromatic N) is 1. The van der Waals surface area contributed by atoms with Gasteiger partial charge in [-0.25, -0.2) is 14.2 Å². The van der Waals surface area contributed by atoms with Gasteiger partial charge in [-0.3, -0.25) is 4.79 Å². The van der Waals surface area contributed by atoms with Gasteiger partial charge in [-0.15, -0.1) is 0 Å². The molecular weight excluding hydrogens is 493 g/mol. The number of aliphatic hydroxyl groups excluding tert-OH is 1. The Morgan fingerprint density at radius 3 is 2.51 bits per heavy atom. The first-order chi connectivity index (χ1) is 17.9. The minimum Gasteiger partial charge on any atom is -0.506 e. The average Bonchev–Trinajstić information content (AvgIpc) is 3.18. The number of ether oxygens (including phenoxy) is 2. The van der Waals surface area contributed by atoms with Gasteiger partial charge in [0.05, 0.1) is 11.5 Å². The number of hydrogen-bond donors (Lipinski definition) is 1. The Morgan fingerprint density at radius 1 is 1.05 bits per heavy atom. The lowest BCUT2D eigenvalue weighted by molar-refractivity contribution is -0.138. The zero-order chi connectivity index (χ0) is 26.4. The van der Waals surface area contributed by atoms with Crippen LogP contribution in [0.1, 0.15) is 34.0 Å². The molecule has 1 amide bonds. The Bertz CT molecular complexity index is 1430. The third kappa shape index (κ3) is 6.34. The minimum absolute atomic E-state index is 0.0745. The van der Waals surface area contributed by atoms with Gasteiger partial charge >= 0.3 is 5.97 Å². The molecule has 37 heavy (non-hydrogen) atoms. The summed E-state index contributed by atoms with van der Waals surface area (Å²) in [5, 5.41) is 10.9. The Kier molecular flexibility index (Phi) is 8.20. The van der Waals surface area contributed by atoms with Crippen LogP contribution in [0.2, 0.25) is 0 Å². The van der Waals surface area contributed by atoms with E-state index in [1.807, 2.05) is 6.07 Å². The Hall–Kier alpha value is -4.17. The highest BCUT2D eigenvalue weighted by Gasteiger charge is 2.34. The number of rotatable bonds is 7. The Morgan fingerprint density at radius 2 is 1.81 bits per heavy atom. The lowest BCUT2D eigenvalue weighted by Crippen LogP contribution is -2.14. The molecule has 0 aliphatic carbocycles. The molecule has 188 valence electrons. The van der Waals surface area contributed by atoms with E-state index in [1.54, 1.807) is 74.5 Å².